The third kappa shape index (κ3) is 7.54. The van der Waals surface area contributed by atoms with Crippen LogP contribution < -0.4 is 10.2 Å². The van der Waals surface area contributed by atoms with Crippen molar-refractivity contribution in [1.82, 2.24) is 14.8 Å². The number of ether oxygens (including phenoxy) is 3. The molecule has 2 fully saturated rings. The van der Waals surface area contributed by atoms with Crippen LogP contribution in [0.5, 0.6) is 0 Å². The molecular weight excluding hydrogens is 516 g/mol. The molecule has 2 aliphatic rings. The highest BCUT2D eigenvalue weighted by molar-refractivity contribution is 6.06. The van der Waals surface area contributed by atoms with Crippen molar-refractivity contribution in [2.75, 3.05) is 62.7 Å². The van der Waals surface area contributed by atoms with Crippen LogP contribution in [0.1, 0.15) is 25.8 Å². The van der Waals surface area contributed by atoms with Gasteiger partial charge in [0.15, 0.2) is 0 Å². The SMILES string of the molecule is CCOC(=O)CC(C(=O)OCC)N1CCN(CC2CN(c3ccc(C(=N)Nc4cccnc4)cc3)C(=O)O2)CC1. The number of cyclic esters (lactones) is 1. The van der Waals surface area contributed by atoms with Gasteiger partial charge in [0, 0.05) is 50.2 Å². The van der Waals surface area contributed by atoms with Crippen LogP contribution in [0.2, 0.25) is 0 Å². The fraction of sp³-hybridized carbons (Fsp3) is 0.464. The zero-order chi connectivity index (χ0) is 28.5. The maximum Gasteiger partial charge on any atom is 0.414 e. The van der Waals surface area contributed by atoms with Gasteiger partial charge in [0.1, 0.15) is 18.0 Å². The first-order valence-electron chi connectivity index (χ1n) is 13.5. The Labute approximate surface area is 233 Å². The topological polar surface area (TPSA) is 137 Å². The summed E-state index contributed by atoms with van der Waals surface area (Å²) in [6.45, 7) is 7.43. The number of rotatable bonds is 11. The predicted octanol–water partition coefficient (Wildman–Crippen LogP) is 2.35. The molecule has 1 aromatic carbocycles. The maximum absolute atomic E-state index is 12.6. The van der Waals surface area contributed by atoms with Gasteiger partial charge in [-0.25, -0.2) is 4.79 Å². The molecule has 0 radical (unpaired) electrons. The van der Waals surface area contributed by atoms with Crippen LogP contribution in [0.25, 0.3) is 0 Å². The fourth-order valence-electron chi connectivity index (χ4n) is 4.81. The number of anilines is 2. The Hall–Kier alpha value is -4.03. The van der Waals surface area contributed by atoms with E-state index < -0.39 is 24.1 Å². The number of amides is 1. The molecule has 0 spiro atoms. The van der Waals surface area contributed by atoms with Crippen molar-refractivity contribution in [3.05, 3.63) is 54.4 Å². The van der Waals surface area contributed by atoms with Crippen LogP contribution in [0.15, 0.2) is 48.8 Å². The number of benzene rings is 1. The number of hydrogen-bond donors (Lipinski definition) is 2. The molecule has 2 aliphatic heterocycles. The summed E-state index contributed by atoms with van der Waals surface area (Å²) in [5.74, 6) is -0.609. The number of pyridine rings is 1. The first-order chi connectivity index (χ1) is 19.4. The van der Waals surface area contributed by atoms with Gasteiger partial charge in [-0.05, 0) is 50.2 Å². The lowest BCUT2D eigenvalue weighted by Crippen LogP contribution is -2.54. The first kappa shape index (κ1) is 29.0. The minimum absolute atomic E-state index is 0.0420. The van der Waals surface area contributed by atoms with E-state index in [9.17, 15) is 14.4 Å². The highest BCUT2D eigenvalue weighted by Crippen LogP contribution is 2.23. The van der Waals surface area contributed by atoms with Gasteiger partial charge < -0.3 is 19.5 Å². The molecule has 3 heterocycles. The van der Waals surface area contributed by atoms with Crippen molar-refractivity contribution in [3.8, 4) is 0 Å². The van der Waals surface area contributed by atoms with Crippen LogP contribution in [-0.4, -0.2) is 103 Å². The van der Waals surface area contributed by atoms with Crippen molar-refractivity contribution >= 4 is 35.2 Å². The third-order valence-corrected chi connectivity index (χ3v) is 6.81. The number of esters is 2. The molecule has 40 heavy (non-hydrogen) atoms. The number of piperazine rings is 1. The van der Waals surface area contributed by atoms with Crippen LogP contribution in [0.4, 0.5) is 16.2 Å². The summed E-state index contributed by atoms with van der Waals surface area (Å²) in [4.78, 5) is 47.0. The fourth-order valence-corrected chi connectivity index (χ4v) is 4.81. The molecule has 2 N–H and O–H groups in total. The zero-order valence-electron chi connectivity index (χ0n) is 22.9. The van der Waals surface area contributed by atoms with E-state index in [1.165, 1.54) is 0 Å². The van der Waals surface area contributed by atoms with E-state index in [0.717, 1.165) is 5.69 Å². The first-order valence-corrected chi connectivity index (χ1v) is 13.5. The number of hydrogen-bond acceptors (Lipinski definition) is 10. The Balaban J connectivity index is 1.28. The van der Waals surface area contributed by atoms with Gasteiger partial charge in [0.05, 0.1) is 38.1 Å². The van der Waals surface area contributed by atoms with E-state index in [1.54, 1.807) is 61.5 Å². The standard InChI is InChI=1S/C28H36N6O6/c1-3-38-25(35)16-24(27(36)39-4-2)33-14-12-32(13-15-33)18-23-19-34(28(37)40-23)22-9-7-20(8-10-22)26(29)31-21-6-5-11-30-17-21/h5-11,17,23-24H,3-4,12-16,18-19H2,1-2H3,(H2,29,31). The van der Waals surface area contributed by atoms with Gasteiger partial charge >= 0.3 is 18.0 Å². The molecular formula is C28H36N6O6. The van der Waals surface area contributed by atoms with Crippen molar-refractivity contribution in [2.24, 2.45) is 0 Å². The highest BCUT2D eigenvalue weighted by atomic mass is 16.6. The van der Waals surface area contributed by atoms with Gasteiger partial charge in [0.25, 0.3) is 0 Å². The summed E-state index contributed by atoms with van der Waals surface area (Å²) >= 11 is 0. The number of amidine groups is 1. The normalized spacial score (nSPS) is 18.6. The van der Waals surface area contributed by atoms with Gasteiger partial charge in [0.2, 0.25) is 0 Å². The quantitative estimate of drug-likeness (QED) is 0.185. The number of carbonyl (C=O) groups excluding carboxylic acids is 3. The van der Waals surface area contributed by atoms with Crippen LogP contribution in [0.3, 0.4) is 0 Å². The Bertz CT molecular complexity index is 1170. The molecule has 1 amide bonds. The average Bonchev–Trinajstić information content (AvgIpc) is 3.32. The van der Waals surface area contributed by atoms with Gasteiger partial charge in [-0.1, -0.05) is 0 Å². The summed E-state index contributed by atoms with van der Waals surface area (Å²) in [7, 11) is 0. The molecule has 2 aromatic rings. The van der Waals surface area contributed by atoms with E-state index in [1.807, 2.05) is 11.0 Å². The second kappa shape index (κ2) is 13.9. The largest absolute Gasteiger partial charge is 0.466 e. The minimum atomic E-state index is -0.676. The number of carbonyl (C=O) groups is 3. The summed E-state index contributed by atoms with van der Waals surface area (Å²) in [6.07, 6.45) is 2.56. The molecule has 0 saturated carbocycles. The van der Waals surface area contributed by atoms with Crippen molar-refractivity contribution < 1.29 is 28.6 Å². The van der Waals surface area contributed by atoms with E-state index >= 15 is 0 Å². The van der Waals surface area contributed by atoms with Crippen LogP contribution in [0, 0.1) is 5.41 Å². The molecule has 12 heteroatoms. The van der Waals surface area contributed by atoms with Gasteiger partial charge in [-0.2, -0.15) is 0 Å². The number of nitrogens with zero attached hydrogens (tertiary/aromatic N) is 4. The van der Waals surface area contributed by atoms with Crippen molar-refractivity contribution in [3.63, 3.8) is 0 Å². The second-order valence-electron chi connectivity index (χ2n) is 9.52. The summed E-state index contributed by atoms with van der Waals surface area (Å²) in [5, 5.41) is 11.3. The molecule has 1 aromatic heterocycles. The number of aromatic nitrogens is 1. The van der Waals surface area contributed by atoms with E-state index in [4.69, 9.17) is 19.6 Å². The molecule has 2 atom stereocenters. The summed E-state index contributed by atoms with van der Waals surface area (Å²) < 4.78 is 15.9. The Morgan fingerprint density at radius 3 is 2.48 bits per heavy atom. The molecule has 0 bridgehead atoms. The molecule has 12 nitrogen and oxygen atoms in total. The monoisotopic (exact) mass is 552 g/mol. The van der Waals surface area contributed by atoms with E-state index in [0.29, 0.717) is 50.5 Å². The molecule has 4 rings (SSSR count). The molecule has 0 aliphatic carbocycles. The predicted molar refractivity (Wildman–Crippen MR) is 148 cm³/mol. The summed E-state index contributed by atoms with van der Waals surface area (Å²) in [5.41, 5.74) is 2.10. The smallest absolute Gasteiger partial charge is 0.414 e. The highest BCUT2D eigenvalue weighted by Gasteiger charge is 2.36. The second-order valence-corrected chi connectivity index (χ2v) is 9.52. The van der Waals surface area contributed by atoms with Crippen molar-refractivity contribution in [2.45, 2.75) is 32.4 Å². The lowest BCUT2D eigenvalue weighted by atomic mass is 10.1. The lowest BCUT2D eigenvalue weighted by molar-refractivity contribution is -0.157. The molecule has 214 valence electrons. The van der Waals surface area contributed by atoms with E-state index in [2.05, 4.69) is 15.2 Å². The van der Waals surface area contributed by atoms with Gasteiger partial charge in [-0.3, -0.25) is 34.7 Å². The Morgan fingerprint density at radius 2 is 1.82 bits per heavy atom. The zero-order valence-corrected chi connectivity index (χ0v) is 22.9. The maximum atomic E-state index is 12.6. The minimum Gasteiger partial charge on any atom is -0.466 e. The third-order valence-electron chi connectivity index (χ3n) is 6.81. The van der Waals surface area contributed by atoms with Crippen LogP contribution in [-0.2, 0) is 23.8 Å². The Kier molecular flexibility index (Phi) is 10.0. The lowest BCUT2D eigenvalue weighted by Gasteiger charge is -2.38. The summed E-state index contributed by atoms with van der Waals surface area (Å²) in [6, 6.07) is 10.1. The van der Waals surface area contributed by atoms with Gasteiger partial charge in [-0.15, -0.1) is 0 Å². The molecule has 2 saturated heterocycles. The molecule has 2 unspecified atom stereocenters. The average molecular weight is 553 g/mol. The van der Waals surface area contributed by atoms with Crippen molar-refractivity contribution in [1.29, 1.82) is 5.41 Å². The van der Waals surface area contributed by atoms with Crippen LogP contribution >= 0.6 is 0 Å². The number of nitrogens with one attached hydrogen (secondary N) is 2. The van der Waals surface area contributed by atoms with E-state index in [-0.39, 0.29) is 31.6 Å². The Morgan fingerprint density at radius 1 is 1.10 bits per heavy atom.